The molecule has 8 nitrogen and oxygen atoms in total. The number of carbonyl (C=O) groups is 3. The van der Waals surface area contributed by atoms with Gasteiger partial charge in [-0.25, -0.2) is 0 Å². The van der Waals surface area contributed by atoms with Crippen LogP contribution in [0.3, 0.4) is 0 Å². The highest BCUT2D eigenvalue weighted by atomic mass is 127. The van der Waals surface area contributed by atoms with E-state index in [0.29, 0.717) is 24.9 Å². The fraction of sp³-hybridized carbons (Fsp3) is 0.480. The van der Waals surface area contributed by atoms with Crippen LogP contribution in [-0.2, 0) is 27.3 Å². The number of primary amides is 1. The molecular formula is C25H27IN2O6. The number of ketones is 2. The Labute approximate surface area is 210 Å². The number of aromatic hydroxyl groups is 1. The number of piperidine rings is 1. The molecule has 180 valence electrons. The fourth-order valence-corrected chi connectivity index (χ4v) is 7.06. The monoisotopic (exact) mass is 578 g/mol. The predicted molar refractivity (Wildman–Crippen MR) is 132 cm³/mol. The molecule has 4 aliphatic rings. The largest absolute Gasteiger partial charge is 0.511 e. The molecule has 1 saturated carbocycles. The van der Waals surface area contributed by atoms with Crippen LogP contribution in [-0.4, -0.2) is 50.8 Å². The van der Waals surface area contributed by atoms with Crippen molar-refractivity contribution in [1.82, 2.24) is 4.90 Å². The Kier molecular flexibility index (Phi) is 5.96. The highest BCUT2D eigenvalue weighted by Crippen LogP contribution is 2.51. The molecule has 1 aliphatic heterocycles. The number of aliphatic hydroxyl groups excluding tert-OH is 2. The second kappa shape index (κ2) is 8.67. The molecule has 0 spiro atoms. The quantitative estimate of drug-likeness (QED) is 0.319. The van der Waals surface area contributed by atoms with E-state index in [1.807, 2.05) is 6.07 Å². The maximum atomic E-state index is 13.5. The molecule has 0 bridgehead atoms. The first kappa shape index (κ1) is 23.3. The van der Waals surface area contributed by atoms with Gasteiger partial charge in [-0.1, -0.05) is 6.42 Å². The number of halogens is 1. The van der Waals surface area contributed by atoms with Gasteiger partial charge in [0.1, 0.15) is 22.8 Å². The Hall–Kier alpha value is -2.40. The van der Waals surface area contributed by atoms with Crippen LogP contribution in [0.5, 0.6) is 5.75 Å². The lowest BCUT2D eigenvalue weighted by atomic mass is 9.61. The Morgan fingerprint density at radius 3 is 2.50 bits per heavy atom. The van der Waals surface area contributed by atoms with E-state index < -0.39 is 40.6 Å². The van der Waals surface area contributed by atoms with E-state index in [1.165, 1.54) is 6.42 Å². The van der Waals surface area contributed by atoms with Gasteiger partial charge in [0.05, 0.1) is 11.5 Å². The lowest BCUT2D eigenvalue weighted by Gasteiger charge is -2.41. The molecule has 1 amide bonds. The van der Waals surface area contributed by atoms with Gasteiger partial charge in [0.15, 0.2) is 11.6 Å². The third-order valence-electron chi connectivity index (χ3n) is 7.76. The third-order valence-corrected chi connectivity index (χ3v) is 8.72. The molecule has 1 aromatic carbocycles. The number of likely N-dealkylation sites (tertiary alicyclic amines) is 1. The first-order chi connectivity index (χ1) is 16.2. The fourth-order valence-electron chi connectivity index (χ4n) is 6.19. The van der Waals surface area contributed by atoms with E-state index in [9.17, 15) is 29.7 Å². The summed E-state index contributed by atoms with van der Waals surface area (Å²) >= 11 is 2.21. The van der Waals surface area contributed by atoms with E-state index in [0.717, 1.165) is 35.1 Å². The molecule has 3 unspecified atom stereocenters. The smallest absolute Gasteiger partial charge is 0.255 e. The Morgan fingerprint density at radius 2 is 1.82 bits per heavy atom. The van der Waals surface area contributed by atoms with Gasteiger partial charge in [0.25, 0.3) is 5.91 Å². The molecule has 5 rings (SSSR count). The SMILES string of the molecule is NC(=O)C1=C(O)C2C(=O)C3=C(O)c4c(O)c(CN5CCCCC5)cc(I)c4CC3CC2CC1=O. The first-order valence-electron chi connectivity index (χ1n) is 11.7. The average Bonchev–Trinajstić information content (AvgIpc) is 2.77. The summed E-state index contributed by atoms with van der Waals surface area (Å²) in [5, 5.41) is 33.1. The number of hydrogen-bond donors (Lipinski definition) is 4. The molecule has 0 radical (unpaired) electrons. The number of rotatable bonds is 3. The molecule has 3 atom stereocenters. The average molecular weight is 578 g/mol. The standard InChI is InChI=1S/C25H27IN2O6/c26-15-8-13(10-28-4-2-1-3-5-28)21(30)19-14(15)7-11-6-12-9-16(29)20(25(27)34)24(33)18(12)22(31)17(11)23(19)32/h8,11-12,18,30,32-33H,1-7,9-10H2,(H2,27,34). The zero-order valence-corrected chi connectivity index (χ0v) is 20.8. The minimum atomic E-state index is -1.09. The van der Waals surface area contributed by atoms with Gasteiger partial charge in [0, 0.05) is 27.7 Å². The number of nitrogens with zero attached hydrogens (tertiary/aromatic N) is 1. The van der Waals surface area contributed by atoms with Crippen molar-refractivity contribution in [1.29, 1.82) is 0 Å². The topological polar surface area (TPSA) is 141 Å². The highest BCUT2D eigenvalue weighted by molar-refractivity contribution is 14.1. The van der Waals surface area contributed by atoms with Crippen molar-refractivity contribution in [2.75, 3.05) is 13.1 Å². The number of aliphatic hydroxyl groups is 2. The van der Waals surface area contributed by atoms with Crippen LogP contribution in [0.4, 0.5) is 0 Å². The normalized spacial score (nSPS) is 27.4. The van der Waals surface area contributed by atoms with Crippen LogP contribution in [0, 0.1) is 21.3 Å². The van der Waals surface area contributed by atoms with Crippen LogP contribution in [0.15, 0.2) is 23.0 Å². The van der Waals surface area contributed by atoms with E-state index >= 15 is 0 Å². The summed E-state index contributed by atoms with van der Waals surface area (Å²) in [5.74, 6) is -4.89. The second-order valence-electron chi connectivity index (χ2n) is 9.81. The highest BCUT2D eigenvalue weighted by Gasteiger charge is 2.51. The number of benzene rings is 1. The number of Topliss-reactive ketones (excluding diaryl/α,β-unsaturated/α-hetero) is 2. The van der Waals surface area contributed by atoms with Crippen molar-refractivity contribution in [3.63, 3.8) is 0 Å². The Morgan fingerprint density at radius 1 is 1.12 bits per heavy atom. The Balaban J connectivity index is 1.58. The molecule has 1 heterocycles. The molecule has 34 heavy (non-hydrogen) atoms. The first-order valence-corrected chi connectivity index (χ1v) is 12.8. The minimum Gasteiger partial charge on any atom is -0.511 e. The maximum absolute atomic E-state index is 13.5. The van der Waals surface area contributed by atoms with Crippen molar-refractivity contribution in [2.24, 2.45) is 23.5 Å². The summed E-state index contributed by atoms with van der Waals surface area (Å²) in [7, 11) is 0. The summed E-state index contributed by atoms with van der Waals surface area (Å²) in [6.07, 6.45) is 4.23. The van der Waals surface area contributed by atoms with Crippen LogP contribution in [0.1, 0.15) is 48.8 Å². The lowest BCUT2D eigenvalue weighted by molar-refractivity contribution is -0.127. The predicted octanol–water partition coefficient (Wildman–Crippen LogP) is 2.90. The molecule has 5 N–H and O–H groups in total. The zero-order chi connectivity index (χ0) is 24.3. The van der Waals surface area contributed by atoms with Crippen molar-refractivity contribution in [3.05, 3.63) is 43.2 Å². The number of allylic oxidation sites excluding steroid dienone is 2. The molecule has 2 fully saturated rings. The number of amides is 1. The third kappa shape index (κ3) is 3.64. The van der Waals surface area contributed by atoms with Gasteiger partial charge in [-0.15, -0.1) is 0 Å². The van der Waals surface area contributed by atoms with Crippen molar-refractivity contribution < 1.29 is 29.7 Å². The van der Waals surface area contributed by atoms with Gasteiger partial charge in [-0.3, -0.25) is 19.3 Å². The number of phenols is 1. The summed E-state index contributed by atoms with van der Waals surface area (Å²) < 4.78 is 0.913. The van der Waals surface area contributed by atoms with Crippen LogP contribution >= 0.6 is 22.6 Å². The lowest BCUT2D eigenvalue weighted by Crippen LogP contribution is -2.44. The molecule has 1 saturated heterocycles. The van der Waals surface area contributed by atoms with Gasteiger partial charge in [-0.2, -0.15) is 0 Å². The second-order valence-corrected chi connectivity index (χ2v) is 11.0. The van der Waals surface area contributed by atoms with Crippen molar-refractivity contribution >= 4 is 45.8 Å². The maximum Gasteiger partial charge on any atom is 0.255 e. The van der Waals surface area contributed by atoms with Gasteiger partial charge >= 0.3 is 0 Å². The van der Waals surface area contributed by atoms with Crippen molar-refractivity contribution in [2.45, 2.75) is 45.1 Å². The molecular weight excluding hydrogens is 551 g/mol. The van der Waals surface area contributed by atoms with E-state index in [-0.39, 0.29) is 35.0 Å². The van der Waals surface area contributed by atoms with Gasteiger partial charge in [0.2, 0.25) is 0 Å². The Bertz CT molecular complexity index is 1180. The summed E-state index contributed by atoms with van der Waals surface area (Å²) in [5.41, 5.74) is 6.69. The van der Waals surface area contributed by atoms with E-state index in [1.54, 1.807) is 0 Å². The number of carbonyl (C=O) groups excluding carboxylic acids is 3. The van der Waals surface area contributed by atoms with Crippen LogP contribution in [0.25, 0.3) is 5.76 Å². The number of nitrogens with two attached hydrogens (primary N) is 1. The summed E-state index contributed by atoms with van der Waals surface area (Å²) in [6, 6.07) is 1.95. The molecule has 1 aromatic rings. The zero-order valence-electron chi connectivity index (χ0n) is 18.6. The minimum absolute atomic E-state index is 0.0178. The van der Waals surface area contributed by atoms with E-state index in [2.05, 4.69) is 27.5 Å². The summed E-state index contributed by atoms with van der Waals surface area (Å²) in [4.78, 5) is 39.9. The number of hydrogen-bond acceptors (Lipinski definition) is 7. The summed E-state index contributed by atoms with van der Waals surface area (Å²) in [6.45, 7) is 2.47. The van der Waals surface area contributed by atoms with Crippen LogP contribution < -0.4 is 5.73 Å². The molecule has 0 aromatic heterocycles. The molecule has 9 heteroatoms. The van der Waals surface area contributed by atoms with E-state index in [4.69, 9.17) is 5.73 Å². The molecule has 3 aliphatic carbocycles. The van der Waals surface area contributed by atoms with Gasteiger partial charge in [-0.05, 0) is 84.8 Å². The van der Waals surface area contributed by atoms with Crippen LogP contribution in [0.2, 0.25) is 0 Å². The van der Waals surface area contributed by atoms with Gasteiger partial charge < -0.3 is 21.1 Å². The number of fused-ring (bicyclic) bond motifs is 3. The van der Waals surface area contributed by atoms with Crippen molar-refractivity contribution in [3.8, 4) is 5.75 Å². The number of phenolic OH excluding ortho intramolecular Hbond substituents is 1.